The molecule has 1 atom stereocenters. The minimum Gasteiger partial charge on any atom is -0.444 e. The summed E-state index contributed by atoms with van der Waals surface area (Å²) in [7, 11) is 0. The molecule has 0 spiro atoms. The molecule has 0 bridgehead atoms. The zero-order valence-corrected chi connectivity index (χ0v) is 15.0. The Balaban J connectivity index is 1.83. The molecule has 1 aliphatic rings. The lowest BCUT2D eigenvalue weighted by Crippen LogP contribution is -2.49. The molecule has 2 rings (SSSR count). The SMILES string of the molecule is CC(C)C(CNC1Cc2ccccc2C1)NC(=O)OC(C)(C)C. The van der Waals surface area contributed by atoms with E-state index in [1.807, 2.05) is 20.8 Å². The van der Waals surface area contributed by atoms with Crippen LogP contribution in [0.1, 0.15) is 45.7 Å². The predicted octanol–water partition coefficient (Wildman–Crippen LogP) is 3.29. The third kappa shape index (κ3) is 5.54. The third-order valence-corrected chi connectivity index (χ3v) is 4.18. The normalized spacial score (nSPS) is 16.3. The van der Waals surface area contributed by atoms with E-state index in [-0.39, 0.29) is 12.1 Å². The Hall–Kier alpha value is -1.55. The molecule has 0 saturated carbocycles. The maximum atomic E-state index is 12.0. The number of amides is 1. The molecule has 4 nitrogen and oxygen atoms in total. The van der Waals surface area contributed by atoms with E-state index >= 15 is 0 Å². The Morgan fingerprint density at radius 1 is 1.22 bits per heavy atom. The van der Waals surface area contributed by atoms with Gasteiger partial charge in [-0.25, -0.2) is 4.79 Å². The molecular formula is C19H30N2O2. The number of carbonyl (C=O) groups excluding carboxylic acids is 1. The van der Waals surface area contributed by atoms with Crippen LogP contribution in [0.5, 0.6) is 0 Å². The van der Waals surface area contributed by atoms with Crippen molar-refractivity contribution >= 4 is 6.09 Å². The Kier molecular flexibility index (Phi) is 5.69. The molecule has 1 aromatic rings. The molecule has 128 valence electrons. The summed E-state index contributed by atoms with van der Waals surface area (Å²) < 4.78 is 5.36. The average molecular weight is 318 g/mol. The zero-order chi connectivity index (χ0) is 17.0. The van der Waals surface area contributed by atoms with Crippen molar-refractivity contribution in [2.45, 2.75) is 65.1 Å². The highest BCUT2D eigenvalue weighted by molar-refractivity contribution is 5.68. The van der Waals surface area contributed by atoms with Crippen molar-refractivity contribution in [1.29, 1.82) is 0 Å². The fourth-order valence-electron chi connectivity index (χ4n) is 2.91. The van der Waals surface area contributed by atoms with E-state index in [1.54, 1.807) is 0 Å². The summed E-state index contributed by atoms with van der Waals surface area (Å²) in [4.78, 5) is 12.0. The van der Waals surface area contributed by atoms with Gasteiger partial charge in [0.25, 0.3) is 0 Å². The first-order valence-electron chi connectivity index (χ1n) is 8.54. The van der Waals surface area contributed by atoms with Crippen molar-refractivity contribution < 1.29 is 9.53 Å². The van der Waals surface area contributed by atoms with Crippen LogP contribution in [0.15, 0.2) is 24.3 Å². The summed E-state index contributed by atoms with van der Waals surface area (Å²) in [5.41, 5.74) is 2.41. The summed E-state index contributed by atoms with van der Waals surface area (Å²) >= 11 is 0. The van der Waals surface area contributed by atoms with E-state index in [9.17, 15) is 4.79 Å². The van der Waals surface area contributed by atoms with Crippen molar-refractivity contribution in [3.63, 3.8) is 0 Å². The van der Waals surface area contributed by atoms with Gasteiger partial charge in [0, 0.05) is 18.6 Å². The maximum Gasteiger partial charge on any atom is 0.407 e. The number of carbonyl (C=O) groups is 1. The van der Waals surface area contributed by atoms with Gasteiger partial charge in [0.1, 0.15) is 5.60 Å². The topological polar surface area (TPSA) is 50.4 Å². The minimum atomic E-state index is -0.466. The molecular weight excluding hydrogens is 288 g/mol. The first-order chi connectivity index (χ1) is 10.7. The molecule has 0 fully saturated rings. The number of ether oxygens (including phenoxy) is 1. The Bertz CT molecular complexity index is 509. The lowest BCUT2D eigenvalue weighted by Gasteiger charge is -2.27. The van der Waals surface area contributed by atoms with Crippen LogP contribution < -0.4 is 10.6 Å². The van der Waals surface area contributed by atoms with Gasteiger partial charge in [-0.3, -0.25) is 0 Å². The molecule has 1 unspecified atom stereocenters. The molecule has 1 amide bonds. The van der Waals surface area contributed by atoms with Gasteiger partial charge in [-0.1, -0.05) is 38.1 Å². The van der Waals surface area contributed by atoms with Crippen LogP contribution in [-0.4, -0.2) is 30.3 Å². The number of rotatable bonds is 5. The van der Waals surface area contributed by atoms with Crippen LogP contribution in [0.4, 0.5) is 4.79 Å². The molecule has 2 N–H and O–H groups in total. The standard InChI is InChI=1S/C19H30N2O2/c1-13(2)17(21-18(22)23-19(3,4)5)12-20-16-10-14-8-6-7-9-15(14)11-16/h6-9,13,16-17,20H,10-12H2,1-5H3,(H,21,22). The van der Waals surface area contributed by atoms with Gasteiger partial charge in [0.15, 0.2) is 0 Å². The highest BCUT2D eigenvalue weighted by Gasteiger charge is 2.24. The fraction of sp³-hybridized carbons (Fsp3) is 0.632. The van der Waals surface area contributed by atoms with E-state index in [1.165, 1.54) is 11.1 Å². The maximum absolute atomic E-state index is 12.0. The van der Waals surface area contributed by atoms with Gasteiger partial charge < -0.3 is 15.4 Å². The van der Waals surface area contributed by atoms with Crippen LogP contribution in [0.3, 0.4) is 0 Å². The molecule has 0 aromatic heterocycles. The summed E-state index contributed by atoms with van der Waals surface area (Å²) in [5, 5.41) is 6.60. The van der Waals surface area contributed by atoms with Crippen molar-refractivity contribution in [3.8, 4) is 0 Å². The quantitative estimate of drug-likeness (QED) is 0.876. The Labute approximate surface area is 140 Å². The van der Waals surface area contributed by atoms with Crippen LogP contribution in [-0.2, 0) is 17.6 Å². The van der Waals surface area contributed by atoms with Crippen LogP contribution >= 0.6 is 0 Å². The molecule has 0 saturated heterocycles. The van der Waals surface area contributed by atoms with Crippen molar-refractivity contribution in [2.24, 2.45) is 5.92 Å². The lowest BCUT2D eigenvalue weighted by atomic mass is 10.0. The molecule has 0 heterocycles. The van der Waals surface area contributed by atoms with Gasteiger partial charge in [0.05, 0.1) is 0 Å². The van der Waals surface area contributed by atoms with Crippen LogP contribution in [0.25, 0.3) is 0 Å². The fourth-order valence-corrected chi connectivity index (χ4v) is 2.91. The molecule has 0 aliphatic heterocycles. The molecule has 1 aliphatic carbocycles. The lowest BCUT2D eigenvalue weighted by molar-refractivity contribution is 0.0489. The summed E-state index contributed by atoms with van der Waals surface area (Å²) in [5.74, 6) is 0.346. The molecule has 4 heteroatoms. The minimum absolute atomic E-state index is 0.0635. The summed E-state index contributed by atoms with van der Waals surface area (Å²) in [6.07, 6.45) is 1.79. The Morgan fingerprint density at radius 3 is 2.26 bits per heavy atom. The monoisotopic (exact) mass is 318 g/mol. The summed E-state index contributed by atoms with van der Waals surface area (Å²) in [6, 6.07) is 9.12. The van der Waals surface area contributed by atoms with Crippen molar-refractivity contribution in [3.05, 3.63) is 35.4 Å². The van der Waals surface area contributed by atoms with Gasteiger partial charge in [-0.2, -0.15) is 0 Å². The van der Waals surface area contributed by atoms with Gasteiger partial charge in [-0.15, -0.1) is 0 Å². The van der Waals surface area contributed by atoms with Gasteiger partial charge in [0.2, 0.25) is 0 Å². The third-order valence-electron chi connectivity index (χ3n) is 4.18. The zero-order valence-electron chi connectivity index (χ0n) is 15.0. The largest absolute Gasteiger partial charge is 0.444 e. The number of alkyl carbamates (subject to hydrolysis) is 1. The first kappa shape index (κ1) is 17.8. The van der Waals surface area contributed by atoms with Gasteiger partial charge in [-0.05, 0) is 50.7 Å². The average Bonchev–Trinajstić information content (AvgIpc) is 2.83. The van der Waals surface area contributed by atoms with E-state index in [0.29, 0.717) is 12.0 Å². The number of hydrogen-bond acceptors (Lipinski definition) is 3. The van der Waals surface area contributed by atoms with Crippen molar-refractivity contribution in [2.75, 3.05) is 6.54 Å². The number of fused-ring (bicyclic) bond motifs is 1. The molecule has 0 radical (unpaired) electrons. The number of benzene rings is 1. The van der Waals surface area contributed by atoms with E-state index in [2.05, 4.69) is 48.7 Å². The summed E-state index contributed by atoms with van der Waals surface area (Å²) in [6.45, 7) is 10.6. The van der Waals surface area contributed by atoms with Crippen LogP contribution in [0.2, 0.25) is 0 Å². The molecule has 1 aromatic carbocycles. The van der Waals surface area contributed by atoms with Crippen molar-refractivity contribution in [1.82, 2.24) is 10.6 Å². The number of nitrogens with one attached hydrogen (secondary N) is 2. The second kappa shape index (κ2) is 7.35. The first-order valence-corrected chi connectivity index (χ1v) is 8.54. The Morgan fingerprint density at radius 2 is 1.78 bits per heavy atom. The van der Waals surface area contributed by atoms with Crippen LogP contribution in [0, 0.1) is 5.92 Å². The smallest absolute Gasteiger partial charge is 0.407 e. The van der Waals surface area contributed by atoms with Gasteiger partial charge >= 0.3 is 6.09 Å². The van der Waals surface area contributed by atoms with E-state index < -0.39 is 5.60 Å². The molecule has 23 heavy (non-hydrogen) atoms. The predicted molar refractivity (Wildman–Crippen MR) is 93.6 cm³/mol. The highest BCUT2D eigenvalue weighted by atomic mass is 16.6. The second-order valence-electron chi connectivity index (χ2n) is 7.78. The van der Waals surface area contributed by atoms with E-state index in [4.69, 9.17) is 4.74 Å². The number of hydrogen-bond donors (Lipinski definition) is 2. The van der Waals surface area contributed by atoms with E-state index in [0.717, 1.165) is 19.4 Å². The highest BCUT2D eigenvalue weighted by Crippen LogP contribution is 2.21. The second-order valence-corrected chi connectivity index (χ2v) is 7.78.